The van der Waals surface area contributed by atoms with Crippen LogP contribution in [0.3, 0.4) is 0 Å². The first-order valence-corrected chi connectivity index (χ1v) is 13.5. The Morgan fingerprint density at radius 3 is 2.49 bits per heavy atom. The van der Waals surface area contributed by atoms with Crippen LogP contribution in [0.1, 0.15) is 51.0 Å². The topological polar surface area (TPSA) is 51.7 Å². The number of halogens is 2. The molecule has 1 aromatic carbocycles. The highest BCUT2D eigenvalue weighted by molar-refractivity contribution is 6.33. The van der Waals surface area contributed by atoms with E-state index >= 15 is 0 Å². The zero-order chi connectivity index (χ0) is 24.9. The van der Waals surface area contributed by atoms with Crippen molar-refractivity contribution in [3.8, 4) is 0 Å². The van der Waals surface area contributed by atoms with Crippen LogP contribution in [-0.4, -0.2) is 72.0 Å². The number of aromatic nitrogens is 1. The average molecular weight is 521 g/mol. The van der Waals surface area contributed by atoms with Gasteiger partial charge >= 0.3 is 0 Å². The second-order valence-electron chi connectivity index (χ2n) is 10.0. The third-order valence-electron chi connectivity index (χ3n) is 7.30. The zero-order valence-corrected chi connectivity index (χ0v) is 22.5. The summed E-state index contributed by atoms with van der Waals surface area (Å²) < 4.78 is 0. The van der Waals surface area contributed by atoms with Crippen molar-refractivity contribution in [3.63, 3.8) is 0 Å². The maximum atomic E-state index is 12.1. The van der Waals surface area contributed by atoms with E-state index in [-0.39, 0.29) is 7.33 Å². The summed E-state index contributed by atoms with van der Waals surface area (Å²) in [6.45, 7) is 13.1. The predicted octanol–water partition coefficient (Wildman–Crippen LogP) is 5.20. The van der Waals surface area contributed by atoms with E-state index in [2.05, 4.69) is 51.0 Å². The number of hydrogen-bond donors (Lipinski definition) is 1. The molecule has 2 aliphatic rings. The van der Waals surface area contributed by atoms with Crippen molar-refractivity contribution in [1.82, 2.24) is 20.1 Å². The number of nitrogens with one attached hydrogen (secondary N) is 1. The second kappa shape index (κ2) is 11.9. The fraction of sp³-hybridized carbons (Fsp3) is 0.556. The molecule has 1 N–H and O–H groups in total. The van der Waals surface area contributed by atoms with Crippen LogP contribution < -0.4 is 10.2 Å². The first-order valence-electron chi connectivity index (χ1n) is 12.8. The summed E-state index contributed by atoms with van der Waals surface area (Å²) in [5.41, 5.74) is 1.83. The van der Waals surface area contributed by atoms with E-state index in [1.165, 1.54) is 18.4 Å². The Balaban J connectivity index is 0.00000361. The molecule has 35 heavy (non-hydrogen) atoms. The molecule has 4 rings (SSSR count). The van der Waals surface area contributed by atoms with Gasteiger partial charge in [-0.2, -0.15) is 0 Å². The fourth-order valence-corrected chi connectivity index (χ4v) is 5.78. The third-order valence-corrected chi connectivity index (χ3v) is 7.83. The Morgan fingerprint density at radius 1 is 1.14 bits per heavy atom. The second-order valence-corrected chi connectivity index (χ2v) is 10.9. The minimum absolute atomic E-state index is 0. The molecule has 0 bridgehead atoms. The molecule has 0 unspecified atom stereocenters. The van der Waals surface area contributed by atoms with Gasteiger partial charge < -0.3 is 10.2 Å². The lowest BCUT2D eigenvalue weighted by Crippen LogP contribution is -2.60. The van der Waals surface area contributed by atoms with Gasteiger partial charge in [-0.25, -0.2) is 4.98 Å². The Kier molecular flexibility index (Phi) is 8.92. The van der Waals surface area contributed by atoms with Gasteiger partial charge in [-0.05, 0) is 62.5 Å². The lowest BCUT2D eigenvalue weighted by atomic mass is 9.93. The van der Waals surface area contributed by atoms with Crippen LogP contribution in [0.2, 0.25) is 10.0 Å². The number of pyridine rings is 1. The summed E-state index contributed by atoms with van der Waals surface area (Å²) in [6, 6.07) is 11.0. The fourth-order valence-electron chi connectivity index (χ4n) is 5.37. The minimum atomic E-state index is -0.138. The van der Waals surface area contributed by atoms with E-state index in [4.69, 9.17) is 23.2 Å². The van der Waals surface area contributed by atoms with E-state index in [0.717, 1.165) is 50.1 Å². The molecular weight excluding hydrogens is 481 g/mol. The number of anilines is 1. The van der Waals surface area contributed by atoms with Crippen molar-refractivity contribution in [2.24, 2.45) is 5.92 Å². The van der Waals surface area contributed by atoms with E-state index in [9.17, 15) is 4.79 Å². The summed E-state index contributed by atoms with van der Waals surface area (Å²) in [6.07, 6.45) is 4.02. The molecule has 192 valence electrons. The first-order chi connectivity index (χ1) is 16.9. The molecule has 2 aromatic rings. The molecule has 2 aliphatic heterocycles. The number of amides is 1. The van der Waals surface area contributed by atoms with Crippen LogP contribution >= 0.6 is 23.2 Å². The van der Waals surface area contributed by atoms with E-state index in [1.807, 2.05) is 19.1 Å². The van der Waals surface area contributed by atoms with Crippen molar-refractivity contribution < 1.29 is 6.22 Å². The quantitative estimate of drug-likeness (QED) is 0.544. The Morgan fingerprint density at radius 2 is 1.86 bits per heavy atom. The standard InChI is InChI=1S/C27H37Cl2N5O.H2/c1-4-30-27(35)21-15-24(29)26(31-16-21)33-13-14-34(25(18-33)19(2)3)23-9-11-32(12-10-23)17-20-5-7-22(28)8-6-20;/h5-8,15-16,19,23,25H,4,9-14,17-18H2,1-3H3,(H,30,35);1H/t25-;/m1./s1. The highest BCUT2D eigenvalue weighted by Crippen LogP contribution is 2.31. The molecular formula is C27H39Cl2N5O. The third kappa shape index (κ3) is 6.48. The summed E-state index contributed by atoms with van der Waals surface area (Å²) in [5, 5.41) is 4.14. The Labute approximate surface area is 221 Å². The number of nitrogens with zero attached hydrogens (tertiary/aromatic N) is 4. The maximum absolute atomic E-state index is 12.1. The molecule has 1 atom stereocenters. The molecule has 0 radical (unpaired) electrons. The highest BCUT2D eigenvalue weighted by Gasteiger charge is 2.36. The molecule has 0 spiro atoms. The van der Waals surface area contributed by atoms with Gasteiger partial charge in [0.15, 0.2) is 0 Å². The van der Waals surface area contributed by atoms with Crippen LogP contribution in [0.4, 0.5) is 5.82 Å². The Bertz CT molecular complexity index is 998. The smallest absolute Gasteiger partial charge is 0.252 e. The van der Waals surface area contributed by atoms with E-state index < -0.39 is 0 Å². The number of piperazine rings is 1. The van der Waals surface area contributed by atoms with Crippen molar-refractivity contribution in [2.75, 3.05) is 44.2 Å². The average Bonchev–Trinajstić information content (AvgIpc) is 2.85. The number of benzene rings is 1. The molecule has 0 saturated carbocycles. The van der Waals surface area contributed by atoms with Crippen LogP contribution in [0.25, 0.3) is 0 Å². The number of carbonyl (C=O) groups excluding carboxylic acids is 1. The summed E-state index contributed by atoms with van der Waals surface area (Å²) in [5.74, 6) is 1.17. The van der Waals surface area contributed by atoms with Crippen molar-refractivity contribution in [2.45, 2.75) is 52.2 Å². The molecule has 8 heteroatoms. The largest absolute Gasteiger partial charge is 0.353 e. The molecule has 1 aromatic heterocycles. The van der Waals surface area contributed by atoms with Crippen LogP contribution in [0.15, 0.2) is 36.5 Å². The van der Waals surface area contributed by atoms with Crippen LogP contribution in [-0.2, 0) is 6.54 Å². The van der Waals surface area contributed by atoms with Crippen LogP contribution in [0.5, 0.6) is 0 Å². The lowest BCUT2D eigenvalue weighted by molar-refractivity contribution is 0.0447. The van der Waals surface area contributed by atoms with Crippen molar-refractivity contribution >= 4 is 34.9 Å². The lowest BCUT2D eigenvalue weighted by Gasteiger charge is -2.49. The zero-order valence-electron chi connectivity index (χ0n) is 21.0. The summed E-state index contributed by atoms with van der Waals surface area (Å²) in [7, 11) is 0. The highest BCUT2D eigenvalue weighted by atomic mass is 35.5. The van der Waals surface area contributed by atoms with Gasteiger partial charge in [0.2, 0.25) is 0 Å². The van der Waals surface area contributed by atoms with Crippen molar-refractivity contribution in [1.29, 1.82) is 0 Å². The van der Waals surface area contributed by atoms with Crippen LogP contribution in [0, 0.1) is 5.92 Å². The SMILES string of the molecule is CCNC(=O)c1cnc(N2CCN(C3CCN(Cc4ccc(Cl)cc4)CC3)[C@@H](C(C)C)C2)c(Cl)c1.[HH]. The number of hydrogen-bond acceptors (Lipinski definition) is 5. The van der Waals surface area contributed by atoms with Gasteiger partial charge in [0.05, 0.1) is 10.6 Å². The number of rotatable bonds is 7. The van der Waals surface area contributed by atoms with Gasteiger partial charge in [0.25, 0.3) is 5.91 Å². The number of piperidine rings is 1. The molecule has 0 aliphatic carbocycles. The van der Waals surface area contributed by atoms with E-state index in [0.29, 0.717) is 35.1 Å². The van der Waals surface area contributed by atoms with Gasteiger partial charge in [-0.15, -0.1) is 0 Å². The number of likely N-dealkylation sites (tertiary alicyclic amines) is 1. The molecule has 6 nitrogen and oxygen atoms in total. The van der Waals surface area contributed by atoms with Gasteiger partial charge in [-0.3, -0.25) is 14.6 Å². The van der Waals surface area contributed by atoms with Gasteiger partial charge in [0, 0.05) is 57.5 Å². The molecule has 1 amide bonds. The molecule has 3 heterocycles. The first kappa shape index (κ1) is 26.2. The minimum Gasteiger partial charge on any atom is -0.353 e. The van der Waals surface area contributed by atoms with Gasteiger partial charge in [-0.1, -0.05) is 49.2 Å². The van der Waals surface area contributed by atoms with Crippen molar-refractivity contribution in [3.05, 3.63) is 57.7 Å². The molecule has 2 saturated heterocycles. The van der Waals surface area contributed by atoms with E-state index in [1.54, 1.807) is 12.3 Å². The summed E-state index contributed by atoms with van der Waals surface area (Å²) in [4.78, 5) is 24.3. The number of carbonyl (C=O) groups is 1. The Hall–Kier alpha value is -1.86. The summed E-state index contributed by atoms with van der Waals surface area (Å²) >= 11 is 12.6. The molecule has 2 fully saturated rings. The predicted molar refractivity (Wildman–Crippen MR) is 147 cm³/mol. The van der Waals surface area contributed by atoms with Gasteiger partial charge in [0.1, 0.15) is 5.82 Å². The monoisotopic (exact) mass is 519 g/mol. The maximum Gasteiger partial charge on any atom is 0.252 e. The normalized spacial score (nSPS) is 20.4.